The number of benzene rings is 1. The molecule has 0 aliphatic rings. The number of hydrogen-bond donors (Lipinski definition) is 1. The molecule has 2 rings (SSSR count). The van der Waals surface area contributed by atoms with Crippen molar-refractivity contribution in [1.82, 2.24) is 4.90 Å². The molecule has 1 heterocycles. The Morgan fingerprint density at radius 2 is 1.90 bits per heavy atom. The molecular formula is C16H20FNO2. The summed E-state index contributed by atoms with van der Waals surface area (Å²) in [6.45, 7) is 3.37. The maximum atomic E-state index is 12.8. The fraction of sp³-hybridized carbons (Fsp3) is 0.375. The van der Waals surface area contributed by atoms with Crippen molar-refractivity contribution in [3.05, 3.63) is 59.3 Å². The average Bonchev–Trinajstić information content (AvgIpc) is 2.82. The number of hydrogen-bond acceptors (Lipinski definition) is 3. The fourth-order valence-corrected chi connectivity index (χ4v) is 2.11. The zero-order valence-corrected chi connectivity index (χ0v) is 11.8. The third-order valence-corrected chi connectivity index (χ3v) is 3.26. The zero-order chi connectivity index (χ0) is 14.5. The largest absolute Gasteiger partial charge is 0.465 e. The predicted molar refractivity (Wildman–Crippen MR) is 75.8 cm³/mol. The molecule has 0 saturated heterocycles. The molecule has 4 heteroatoms. The maximum Gasteiger partial charge on any atom is 0.123 e. The van der Waals surface area contributed by atoms with Crippen molar-refractivity contribution >= 4 is 0 Å². The molecule has 0 fully saturated rings. The molecule has 1 unspecified atom stereocenters. The van der Waals surface area contributed by atoms with Gasteiger partial charge in [0.1, 0.15) is 17.3 Å². The minimum absolute atomic E-state index is 0.286. The van der Waals surface area contributed by atoms with Gasteiger partial charge in [-0.3, -0.25) is 4.90 Å². The summed E-state index contributed by atoms with van der Waals surface area (Å²) in [5, 5.41) is 10.1. The highest BCUT2D eigenvalue weighted by atomic mass is 19.1. The van der Waals surface area contributed by atoms with Crippen LogP contribution in [0.5, 0.6) is 0 Å². The van der Waals surface area contributed by atoms with Crippen LogP contribution in [-0.2, 0) is 6.54 Å². The third-order valence-electron chi connectivity index (χ3n) is 3.26. The molecule has 1 aromatic carbocycles. The lowest BCUT2D eigenvalue weighted by molar-refractivity contribution is 0.145. The molecule has 108 valence electrons. The SMILES string of the molecule is Cc1ccc(CN(C)CCC(O)c2ccc(F)cc2)o1. The van der Waals surface area contributed by atoms with E-state index in [-0.39, 0.29) is 5.82 Å². The van der Waals surface area contributed by atoms with E-state index >= 15 is 0 Å². The molecule has 0 aliphatic heterocycles. The summed E-state index contributed by atoms with van der Waals surface area (Å²) in [7, 11) is 1.98. The summed E-state index contributed by atoms with van der Waals surface area (Å²) in [6.07, 6.45) is 0.0262. The normalized spacial score (nSPS) is 12.8. The number of halogens is 1. The first-order valence-corrected chi connectivity index (χ1v) is 6.72. The Hall–Kier alpha value is -1.65. The molecule has 0 saturated carbocycles. The summed E-state index contributed by atoms with van der Waals surface area (Å²) >= 11 is 0. The molecule has 0 radical (unpaired) electrons. The number of furan rings is 1. The second kappa shape index (κ2) is 6.68. The van der Waals surface area contributed by atoms with E-state index in [1.165, 1.54) is 12.1 Å². The minimum Gasteiger partial charge on any atom is -0.465 e. The van der Waals surface area contributed by atoms with Crippen molar-refractivity contribution in [1.29, 1.82) is 0 Å². The first-order valence-electron chi connectivity index (χ1n) is 6.72. The van der Waals surface area contributed by atoms with Crippen LogP contribution in [0.4, 0.5) is 4.39 Å². The van der Waals surface area contributed by atoms with Gasteiger partial charge in [0.25, 0.3) is 0 Å². The maximum absolute atomic E-state index is 12.8. The van der Waals surface area contributed by atoms with Crippen LogP contribution < -0.4 is 0 Å². The van der Waals surface area contributed by atoms with Gasteiger partial charge in [-0.25, -0.2) is 4.39 Å². The molecule has 0 amide bonds. The highest BCUT2D eigenvalue weighted by Gasteiger charge is 2.10. The van der Waals surface area contributed by atoms with Crippen molar-refractivity contribution in [3.63, 3.8) is 0 Å². The van der Waals surface area contributed by atoms with E-state index in [1.807, 2.05) is 26.1 Å². The van der Waals surface area contributed by atoms with Crippen molar-refractivity contribution in [2.75, 3.05) is 13.6 Å². The van der Waals surface area contributed by atoms with Gasteiger partial charge in [0, 0.05) is 6.54 Å². The number of nitrogens with zero attached hydrogens (tertiary/aromatic N) is 1. The molecule has 20 heavy (non-hydrogen) atoms. The topological polar surface area (TPSA) is 36.6 Å². The summed E-state index contributed by atoms with van der Waals surface area (Å²) < 4.78 is 18.3. The Kier molecular flexibility index (Phi) is 4.93. The monoisotopic (exact) mass is 277 g/mol. The average molecular weight is 277 g/mol. The molecule has 3 nitrogen and oxygen atoms in total. The first-order chi connectivity index (χ1) is 9.54. The van der Waals surface area contributed by atoms with Crippen LogP contribution in [0.2, 0.25) is 0 Å². The number of aryl methyl sites for hydroxylation is 1. The van der Waals surface area contributed by atoms with Gasteiger partial charge in [0.2, 0.25) is 0 Å². The molecular weight excluding hydrogens is 257 g/mol. The van der Waals surface area contributed by atoms with Crippen molar-refractivity contribution < 1.29 is 13.9 Å². The Balaban J connectivity index is 1.80. The molecule has 0 spiro atoms. The quantitative estimate of drug-likeness (QED) is 0.880. The second-order valence-electron chi connectivity index (χ2n) is 5.11. The molecule has 2 aromatic rings. The van der Waals surface area contributed by atoms with Crippen LogP contribution in [-0.4, -0.2) is 23.6 Å². The third kappa shape index (κ3) is 4.18. The van der Waals surface area contributed by atoms with E-state index in [9.17, 15) is 9.50 Å². The van der Waals surface area contributed by atoms with Gasteiger partial charge in [-0.1, -0.05) is 12.1 Å². The summed E-state index contributed by atoms with van der Waals surface area (Å²) in [5.74, 6) is 1.53. The molecule has 0 bridgehead atoms. The van der Waals surface area contributed by atoms with Gasteiger partial charge in [0.05, 0.1) is 12.6 Å². The smallest absolute Gasteiger partial charge is 0.123 e. The second-order valence-corrected chi connectivity index (χ2v) is 5.11. The van der Waals surface area contributed by atoms with Gasteiger partial charge in [-0.15, -0.1) is 0 Å². The van der Waals surface area contributed by atoms with Gasteiger partial charge in [0.15, 0.2) is 0 Å². The van der Waals surface area contributed by atoms with Gasteiger partial charge >= 0.3 is 0 Å². The first kappa shape index (κ1) is 14.8. The summed E-state index contributed by atoms with van der Waals surface area (Å²) in [4.78, 5) is 2.09. The van der Waals surface area contributed by atoms with Crippen molar-refractivity contribution in [2.45, 2.75) is 26.0 Å². The van der Waals surface area contributed by atoms with Crippen molar-refractivity contribution in [2.24, 2.45) is 0 Å². The Morgan fingerprint density at radius 1 is 1.20 bits per heavy atom. The molecule has 1 N–H and O–H groups in total. The van der Waals surface area contributed by atoms with Gasteiger partial charge in [-0.2, -0.15) is 0 Å². The number of rotatable bonds is 6. The van der Waals surface area contributed by atoms with Crippen LogP contribution in [0.1, 0.15) is 29.6 Å². The van der Waals surface area contributed by atoms with Gasteiger partial charge in [-0.05, 0) is 50.2 Å². The Morgan fingerprint density at radius 3 is 2.50 bits per heavy atom. The Labute approximate surface area is 118 Å². The summed E-state index contributed by atoms with van der Waals surface area (Å²) in [5.41, 5.74) is 0.744. The molecule has 1 atom stereocenters. The fourth-order valence-electron chi connectivity index (χ4n) is 2.11. The lowest BCUT2D eigenvalue weighted by Crippen LogP contribution is -2.20. The van der Waals surface area contributed by atoms with Crippen LogP contribution in [0.15, 0.2) is 40.8 Å². The van der Waals surface area contributed by atoms with Crippen LogP contribution >= 0.6 is 0 Å². The highest BCUT2D eigenvalue weighted by molar-refractivity contribution is 5.18. The van der Waals surface area contributed by atoms with Crippen LogP contribution in [0, 0.1) is 12.7 Å². The van der Waals surface area contributed by atoms with Crippen molar-refractivity contribution in [3.8, 4) is 0 Å². The standard InChI is InChI=1S/C16H20FNO2/c1-12-3-8-15(20-12)11-18(2)10-9-16(19)13-4-6-14(17)7-5-13/h3-8,16,19H,9-11H2,1-2H3. The zero-order valence-electron chi connectivity index (χ0n) is 11.8. The van der Waals surface area contributed by atoms with Crippen LogP contribution in [0.3, 0.4) is 0 Å². The molecule has 1 aromatic heterocycles. The number of aliphatic hydroxyl groups excluding tert-OH is 1. The van der Waals surface area contributed by atoms with E-state index < -0.39 is 6.10 Å². The lowest BCUT2D eigenvalue weighted by Gasteiger charge is -2.18. The van der Waals surface area contributed by atoms with E-state index in [4.69, 9.17) is 4.42 Å². The van der Waals surface area contributed by atoms with E-state index in [2.05, 4.69) is 4.90 Å². The molecule has 0 aliphatic carbocycles. The highest BCUT2D eigenvalue weighted by Crippen LogP contribution is 2.18. The van der Waals surface area contributed by atoms with E-state index in [0.29, 0.717) is 13.0 Å². The predicted octanol–water partition coefficient (Wildman–Crippen LogP) is 3.28. The number of aliphatic hydroxyl groups is 1. The lowest BCUT2D eigenvalue weighted by atomic mass is 10.1. The minimum atomic E-state index is -0.573. The van der Waals surface area contributed by atoms with Crippen LogP contribution in [0.25, 0.3) is 0 Å². The van der Waals surface area contributed by atoms with E-state index in [1.54, 1.807) is 12.1 Å². The van der Waals surface area contributed by atoms with Gasteiger partial charge < -0.3 is 9.52 Å². The van der Waals surface area contributed by atoms with E-state index in [0.717, 1.165) is 23.6 Å². The summed E-state index contributed by atoms with van der Waals surface area (Å²) in [6, 6.07) is 9.88. The Bertz CT molecular complexity index is 536.